The number of nitrogens with one attached hydrogen (secondary N) is 1. The maximum Gasteiger partial charge on any atom is 0.205 e. The molecule has 3 N–H and O–H groups in total. The Balaban J connectivity index is 1.61. The van der Waals surface area contributed by atoms with Gasteiger partial charge in [-0.2, -0.15) is 5.10 Å². The van der Waals surface area contributed by atoms with Crippen LogP contribution in [0.3, 0.4) is 0 Å². The second-order valence-corrected chi connectivity index (χ2v) is 5.91. The molecule has 3 rings (SSSR count). The van der Waals surface area contributed by atoms with Crippen LogP contribution in [0, 0.1) is 11.6 Å². The molecular formula is C17H14F2N4OS. The van der Waals surface area contributed by atoms with Crippen molar-refractivity contribution in [2.24, 2.45) is 5.10 Å². The van der Waals surface area contributed by atoms with Gasteiger partial charge in [-0.05, 0) is 29.3 Å². The van der Waals surface area contributed by atoms with Crippen molar-refractivity contribution in [3.63, 3.8) is 0 Å². The van der Waals surface area contributed by atoms with Crippen LogP contribution in [0.5, 0.6) is 5.75 Å². The Morgan fingerprint density at radius 3 is 2.88 bits per heavy atom. The molecule has 0 saturated carbocycles. The van der Waals surface area contributed by atoms with E-state index >= 15 is 0 Å². The number of hydrogen-bond donors (Lipinski definition) is 2. The van der Waals surface area contributed by atoms with Crippen LogP contribution in [0.25, 0.3) is 0 Å². The van der Waals surface area contributed by atoms with Crippen molar-refractivity contribution < 1.29 is 13.5 Å². The lowest BCUT2D eigenvalue weighted by molar-refractivity contribution is 0.289. The molecule has 0 amide bonds. The molecule has 2 aromatic carbocycles. The Bertz CT molecular complexity index is 898. The zero-order valence-electron chi connectivity index (χ0n) is 12.9. The molecule has 0 spiro atoms. The highest BCUT2D eigenvalue weighted by molar-refractivity contribution is 7.14. The molecule has 1 heterocycles. The first kappa shape index (κ1) is 16.8. The lowest BCUT2D eigenvalue weighted by Crippen LogP contribution is -1.99. The molecule has 0 bridgehead atoms. The third-order valence-electron chi connectivity index (χ3n) is 3.14. The number of aromatic nitrogens is 1. The molecular weight excluding hydrogens is 346 g/mol. The van der Waals surface area contributed by atoms with Gasteiger partial charge in [-0.3, -0.25) is 5.43 Å². The van der Waals surface area contributed by atoms with Gasteiger partial charge in [0, 0.05) is 11.4 Å². The summed E-state index contributed by atoms with van der Waals surface area (Å²) in [6.07, 6.45) is 1.62. The smallest absolute Gasteiger partial charge is 0.205 e. The van der Waals surface area contributed by atoms with Crippen molar-refractivity contribution in [3.05, 3.63) is 70.6 Å². The fourth-order valence-corrected chi connectivity index (χ4v) is 2.56. The first-order valence-corrected chi connectivity index (χ1v) is 8.15. The molecule has 25 heavy (non-hydrogen) atoms. The largest absolute Gasteiger partial charge is 0.486 e. The molecule has 0 aliphatic carbocycles. The van der Waals surface area contributed by atoms with Gasteiger partial charge in [0.15, 0.2) is 11.6 Å². The highest BCUT2D eigenvalue weighted by Crippen LogP contribution is 2.19. The molecule has 5 nitrogen and oxygen atoms in total. The highest BCUT2D eigenvalue weighted by Gasteiger charge is 2.05. The van der Waals surface area contributed by atoms with Gasteiger partial charge in [0.05, 0.1) is 6.21 Å². The maximum atomic E-state index is 13.6. The zero-order valence-corrected chi connectivity index (χ0v) is 13.8. The van der Waals surface area contributed by atoms with Crippen LogP contribution < -0.4 is 15.9 Å². The fourth-order valence-electron chi connectivity index (χ4n) is 2.02. The molecule has 0 atom stereocenters. The Hall–Kier alpha value is -3.00. The molecule has 0 saturated heterocycles. The van der Waals surface area contributed by atoms with Gasteiger partial charge in [-0.25, -0.2) is 13.8 Å². The lowest BCUT2D eigenvalue weighted by Gasteiger charge is -2.07. The average molecular weight is 360 g/mol. The number of ether oxygens (including phenoxy) is 1. The molecule has 0 unspecified atom stereocenters. The maximum absolute atomic E-state index is 13.6. The third-order valence-corrected chi connectivity index (χ3v) is 3.90. The summed E-state index contributed by atoms with van der Waals surface area (Å²) < 4.78 is 31.8. The van der Waals surface area contributed by atoms with Gasteiger partial charge in [0.25, 0.3) is 0 Å². The molecule has 3 aromatic rings. The summed E-state index contributed by atoms with van der Waals surface area (Å²) in [5.41, 5.74) is 9.97. The minimum Gasteiger partial charge on any atom is -0.486 e. The van der Waals surface area contributed by atoms with Crippen molar-refractivity contribution in [1.82, 2.24) is 4.98 Å². The Morgan fingerprint density at radius 2 is 2.12 bits per heavy atom. The van der Waals surface area contributed by atoms with Gasteiger partial charge < -0.3 is 10.5 Å². The number of nitrogen functional groups attached to an aromatic ring is 1. The summed E-state index contributed by atoms with van der Waals surface area (Å²) in [6, 6.07) is 10.6. The summed E-state index contributed by atoms with van der Waals surface area (Å²) in [7, 11) is 0. The molecule has 1 aromatic heterocycles. The summed E-state index contributed by atoms with van der Waals surface area (Å²) in [4.78, 5) is 4.03. The van der Waals surface area contributed by atoms with Crippen LogP contribution in [0.2, 0.25) is 0 Å². The van der Waals surface area contributed by atoms with Crippen LogP contribution in [0.15, 0.2) is 52.9 Å². The molecule has 0 fully saturated rings. The predicted octanol–water partition coefficient (Wildman–Crippen LogP) is 4.03. The number of rotatable bonds is 6. The topological polar surface area (TPSA) is 72.5 Å². The van der Waals surface area contributed by atoms with E-state index in [0.717, 1.165) is 23.3 Å². The van der Waals surface area contributed by atoms with E-state index in [1.165, 1.54) is 17.4 Å². The van der Waals surface area contributed by atoms with Crippen LogP contribution in [0.4, 0.5) is 19.7 Å². The van der Waals surface area contributed by atoms with Crippen molar-refractivity contribution >= 4 is 28.5 Å². The average Bonchev–Trinajstić information content (AvgIpc) is 3.00. The fraction of sp³-hybridized carbons (Fsp3) is 0.0588. The Labute approximate surface area is 146 Å². The number of halogens is 2. The van der Waals surface area contributed by atoms with E-state index in [0.29, 0.717) is 10.9 Å². The summed E-state index contributed by atoms with van der Waals surface area (Å²) in [5, 5.41) is 6.39. The van der Waals surface area contributed by atoms with Gasteiger partial charge in [0.1, 0.15) is 18.2 Å². The molecule has 0 aliphatic heterocycles. The minimum atomic E-state index is -0.732. The van der Waals surface area contributed by atoms with E-state index in [9.17, 15) is 8.78 Å². The Kier molecular flexibility index (Phi) is 5.20. The lowest BCUT2D eigenvalue weighted by atomic mass is 10.1. The number of anilines is 2. The second-order valence-electron chi connectivity index (χ2n) is 5.06. The van der Waals surface area contributed by atoms with Crippen LogP contribution >= 0.6 is 11.3 Å². The molecule has 0 aliphatic rings. The van der Waals surface area contributed by atoms with E-state index in [1.54, 1.807) is 11.6 Å². The number of nitrogens with two attached hydrogens (primary N) is 1. The third kappa shape index (κ3) is 4.74. The molecule has 0 radical (unpaired) electrons. The second kappa shape index (κ2) is 7.71. The zero-order chi connectivity index (χ0) is 17.6. The van der Waals surface area contributed by atoms with E-state index in [-0.39, 0.29) is 12.4 Å². The summed E-state index contributed by atoms with van der Waals surface area (Å²) in [5.74, 6) is -0.930. The monoisotopic (exact) mass is 360 g/mol. The van der Waals surface area contributed by atoms with Gasteiger partial charge >= 0.3 is 0 Å². The minimum absolute atomic E-state index is 0.00324. The number of hydrazone groups is 1. The van der Waals surface area contributed by atoms with E-state index < -0.39 is 11.6 Å². The highest BCUT2D eigenvalue weighted by atomic mass is 32.1. The quantitative estimate of drug-likeness (QED) is 0.514. The van der Waals surface area contributed by atoms with Crippen LogP contribution in [-0.4, -0.2) is 11.2 Å². The Morgan fingerprint density at radius 1 is 1.24 bits per heavy atom. The van der Waals surface area contributed by atoms with Gasteiger partial charge in [0.2, 0.25) is 5.13 Å². The first-order chi connectivity index (χ1) is 12.1. The number of nitrogens with zero attached hydrogens (tertiary/aromatic N) is 2. The van der Waals surface area contributed by atoms with E-state index in [2.05, 4.69) is 15.5 Å². The van der Waals surface area contributed by atoms with E-state index in [1.807, 2.05) is 24.3 Å². The first-order valence-electron chi connectivity index (χ1n) is 7.27. The summed E-state index contributed by atoms with van der Waals surface area (Å²) >= 11 is 1.35. The standard InChI is InChI=1S/C17H14F2N4OS/c18-13-4-5-15(14(19)7-13)24-9-12-3-1-2-11(6-12)8-21-23-17-22-16(20)10-25-17/h1-8,10H,9,20H2,(H,22,23). The normalized spacial score (nSPS) is 11.0. The molecule has 8 heteroatoms. The van der Waals surface area contributed by atoms with Crippen LogP contribution in [-0.2, 0) is 6.61 Å². The molecule has 128 valence electrons. The predicted molar refractivity (Wildman–Crippen MR) is 94.9 cm³/mol. The number of benzene rings is 2. The van der Waals surface area contributed by atoms with Crippen molar-refractivity contribution in [3.8, 4) is 5.75 Å². The van der Waals surface area contributed by atoms with Crippen molar-refractivity contribution in [1.29, 1.82) is 0 Å². The van der Waals surface area contributed by atoms with Crippen molar-refractivity contribution in [2.75, 3.05) is 11.2 Å². The van der Waals surface area contributed by atoms with Crippen LogP contribution in [0.1, 0.15) is 11.1 Å². The number of hydrogen-bond acceptors (Lipinski definition) is 6. The SMILES string of the molecule is Nc1csc(NN=Cc2cccc(COc3ccc(F)cc3F)c2)n1. The van der Waals surface area contributed by atoms with Crippen molar-refractivity contribution in [2.45, 2.75) is 6.61 Å². The van der Waals surface area contributed by atoms with Gasteiger partial charge in [-0.1, -0.05) is 18.2 Å². The van der Waals surface area contributed by atoms with E-state index in [4.69, 9.17) is 10.5 Å². The van der Waals surface area contributed by atoms with Gasteiger partial charge in [-0.15, -0.1) is 11.3 Å². The number of thiazole rings is 1. The summed E-state index contributed by atoms with van der Waals surface area (Å²) in [6.45, 7) is 0.153.